The van der Waals surface area contributed by atoms with Crippen LogP contribution in [0.1, 0.15) is 38.5 Å². The van der Waals surface area contributed by atoms with Crippen LogP contribution in [0.4, 0.5) is 11.4 Å². The molecule has 0 spiro atoms. The van der Waals surface area contributed by atoms with Crippen LogP contribution in [-0.4, -0.2) is 38.2 Å². The van der Waals surface area contributed by atoms with E-state index in [1.807, 2.05) is 0 Å². The zero-order chi connectivity index (χ0) is 14.8. The molecular formula is C18H26N4. The number of para-hydroxylation sites is 2. The van der Waals surface area contributed by atoms with E-state index in [1.54, 1.807) is 0 Å². The monoisotopic (exact) mass is 298 g/mol. The van der Waals surface area contributed by atoms with Gasteiger partial charge in [-0.15, -0.1) is 0 Å². The Kier molecular flexibility index (Phi) is 4.02. The fourth-order valence-corrected chi connectivity index (χ4v) is 3.99. The van der Waals surface area contributed by atoms with E-state index >= 15 is 0 Å². The molecule has 1 saturated carbocycles. The molecule has 1 fully saturated rings. The third-order valence-corrected chi connectivity index (χ3v) is 5.11. The maximum absolute atomic E-state index is 4.79. The van der Waals surface area contributed by atoms with Gasteiger partial charge in [0, 0.05) is 32.2 Å². The van der Waals surface area contributed by atoms with E-state index in [2.05, 4.69) is 39.4 Å². The number of nitrogens with zero attached hydrogens (tertiary/aromatic N) is 3. The minimum absolute atomic E-state index is 0.732. The summed E-state index contributed by atoms with van der Waals surface area (Å²) >= 11 is 0. The fourth-order valence-electron chi connectivity index (χ4n) is 3.99. The average Bonchev–Trinajstić information content (AvgIpc) is 2.91. The highest BCUT2D eigenvalue weighted by Gasteiger charge is 2.33. The highest BCUT2D eigenvalue weighted by Crippen LogP contribution is 2.37. The number of benzene rings is 1. The van der Waals surface area contributed by atoms with Gasteiger partial charge >= 0.3 is 0 Å². The number of guanidine groups is 1. The van der Waals surface area contributed by atoms with Crippen LogP contribution in [0, 0.1) is 0 Å². The van der Waals surface area contributed by atoms with Gasteiger partial charge in [-0.25, -0.2) is 0 Å². The summed E-state index contributed by atoms with van der Waals surface area (Å²) in [5.41, 5.74) is 2.66. The molecule has 4 heteroatoms. The first-order chi connectivity index (χ1) is 10.9. The third kappa shape index (κ3) is 2.60. The molecule has 2 heterocycles. The van der Waals surface area contributed by atoms with Gasteiger partial charge in [0.25, 0.3) is 0 Å². The lowest BCUT2D eigenvalue weighted by Crippen LogP contribution is -2.45. The van der Waals surface area contributed by atoms with Gasteiger partial charge in [-0.05, 0) is 31.4 Å². The first-order valence-corrected chi connectivity index (χ1v) is 8.85. The van der Waals surface area contributed by atoms with Crippen LogP contribution >= 0.6 is 0 Å². The molecule has 0 radical (unpaired) electrons. The van der Waals surface area contributed by atoms with E-state index in [-0.39, 0.29) is 0 Å². The Balaban J connectivity index is 1.44. The van der Waals surface area contributed by atoms with Crippen LogP contribution in [0.2, 0.25) is 0 Å². The largest absolute Gasteiger partial charge is 0.312 e. The lowest BCUT2D eigenvalue weighted by molar-refractivity contribution is 0.377. The van der Waals surface area contributed by atoms with Crippen molar-refractivity contribution in [3.05, 3.63) is 24.3 Å². The minimum atomic E-state index is 0.732. The van der Waals surface area contributed by atoms with Crippen LogP contribution in [0.25, 0.3) is 0 Å². The zero-order valence-electron chi connectivity index (χ0n) is 13.3. The second kappa shape index (κ2) is 6.29. The summed E-state index contributed by atoms with van der Waals surface area (Å²) in [5.74, 6) is 1.16. The van der Waals surface area contributed by atoms with Crippen molar-refractivity contribution in [1.82, 2.24) is 5.32 Å². The molecule has 3 aliphatic rings. The van der Waals surface area contributed by atoms with E-state index in [0.29, 0.717) is 0 Å². The van der Waals surface area contributed by atoms with Crippen molar-refractivity contribution in [2.24, 2.45) is 4.99 Å². The summed E-state index contributed by atoms with van der Waals surface area (Å²) in [7, 11) is 0. The second-order valence-electron chi connectivity index (χ2n) is 6.62. The average molecular weight is 298 g/mol. The van der Waals surface area contributed by atoms with E-state index in [1.165, 1.54) is 43.5 Å². The number of aliphatic imine (C=N–C) groups is 1. The summed E-state index contributed by atoms with van der Waals surface area (Å²) in [6, 6.07) is 9.46. The number of nitrogens with one attached hydrogen (secondary N) is 1. The quantitative estimate of drug-likeness (QED) is 0.927. The summed E-state index contributed by atoms with van der Waals surface area (Å²) in [5, 5.41) is 3.76. The van der Waals surface area contributed by atoms with E-state index in [4.69, 9.17) is 4.99 Å². The molecule has 4 nitrogen and oxygen atoms in total. The zero-order valence-corrected chi connectivity index (χ0v) is 13.3. The summed E-state index contributed by atoms with van der Waals surface area (Å²) in [6.07, 6.45) is 8.07. The summed E-state index contributed by atoms with van der Waals surface area (Å²) in [4.78, 5) is 9.59. The number of fused-ring (bicyclic) bond motifs is 3. The Hall–Kier alpha value is -1.55. The van der Waals surface area contributed by atoms with E-state index in [0.717, 1.165) is 44.6 Å². The van der Waals surface area contributed by atoms with Crippen LogP contribution in [0.3, 0.4) is 0 Å². The van der Waals surface area contributed by atoms with Crippen LogP contribution < -0.4 is 15.1 Å². The van der Waals surface area contributed by atoms with Crippen LogP contribution in [-0.2, 0) is 0 Å². The van der Waals surface area contributed by atoms with Gasteiger partial charge in [-0.2, -0.15) is 0 Å². The summed E-state index contributed by atoms with van der Waals surface area (Å²) in [6.45, 7) is 4.13. The smallest absolute Gasteiger partial charge is 0.205 e. The maximum atomic E-state index is 4.79. The first-order valence-electron chi connectivity index (χ1n) is 8.85. The van der Waals surface area contributed by atoms with Crippen molar-refractivity contribution in [3.63, 3.8) is 0 Å². The molecule has 1 aromatic rings. The molecule has 4 rings (SSSR count). The molecule has 22 heavy (non-hydrogen) atoms. The van der Waals surface area contributed by atoms with Crippen molar-refractivity contribution < 1.29 is 0 Å². The second-order valence-corrected chi connectivity index (χ2v) is 6.62. The fraction of sp³-hybridized carbons (Fsp3) is 0.611. The Morgan fingerprint density at radius 3 is 2.73 bits per heavy atom. The van der Waals surface area contributed by atoms with Crippen molar-refractivity contribution >= 4 is 17.3 Å². The van der Waals surface area contributed by atoms with E-state index in [9.17, 15) is 0 Å². The Bertz CT molecular complexity index is 548. The van der Waals surface area contributed by atoms with Crippen molar-refractivity contribution in [1.29, 1.82) is 0 Å². The summed E-state index contributed by atoms with van der Waals surface area (Å²) < 4.78 is 0. The Morgan fingerprint density at radius 1 is 1.05 bits per heavy atom. The van der Waals surface area contributed by atoms with Crippen molar-refractivity contribution in [2.75, 3.05) is 36.0 Å². The molecule has 2 aliphatic heterocycles. The van der Waals surface area contributed by atoms with Crippen molar-refractivity contribution in [2.45, 2.75) is 44.6 Å². The lowest BCUT2D eigenvalue weighted by atomic mass is 9.95. The molecule has 0 amide bonds. The number of anilines is 2. The van der Waals surface area contributed by atoms with Gasteiger partial charge in [0.1, 0.15) is 0 Å². The van der Waals surface area contributed by atoms with Crippen LogP contribution in [0.5, 0.6) is 0 Å². The Labute approximate surface area is 133 Å². The van der Waals surface area contributed by atoms with Gasteiger partial charge in [0.05, 0.1) is 11.4 Å². The molecule has 0 saturated heterocycles. The normalized spacial score (nSPS) is 21.5. The molecule has 0 atom stereocenters. The molecule has 0 aromatic heterocycles. The maximum Gasteiger partial charge on any atom is 0.205 e. The third-order valence-electron chi connectivity index (χ3n) is 5.11. The Morgan fingerprint density at radius 2 is 1.86 bits per heavy atom. The molecule has 0 bridgehead atoms. The molecule has 1 aliphatic carbocycles. The SMILES string of the molecule is c1ccc2c(c1)N1CCCN=C1N2CCNC1CCCCC1. The lowest BCUT2D eigenvalue weighted by Gasteiger charge is -2.28. The van der Waals surface area contributed by atoms with Gasteiger partial charge < -0.3 is 15.1 Å². The van der Waals surface area contributed by atoms with E-state index < -0.39 is 0 Å². The standard InChI is InChI=1S/C18H26N4/c1-2-7-15(8-3-1)19-12-14-22-17-10-5-4-9-16(17)21-13-6-11-20-18(21)22/h4-5,9-10,15,19H,1-3,6-8,11-14H2. The highest BCUT2D eigenvalue weighted by molar-refractivity contribution is 6.16. The van der Waals surface area contributed by atoms with Gasteiger partial charge in [0.2, 0.25) is 5.96 Å². The highest BCUT2D eigenvalue weighted by atomic mass is 15.4. The molecule has 1 N–H and O–H groups in total. The number of hydrogen-bond donors (Lipinski definition) is 1. The minimum Gasteiger partial charge on any atom is -0.312 e. The van der Waals surface area contributed by atoms with Crippen LogP contribution in [0.15, 0.2) is 29.3 Å². The molecule has 118 valence electrons. The van der Waals surface area contributed by atoms with Gasteiger partial charge in [-0.3, -0.25) is 4.99 Å². The van der Waals surface area contributed by atoms with Gasteiger partial charge in [0.15, 0.2) is 0 Å². The van der Waals surface area contributed by atoms with Crippen molar-refractivity contribution in [3.8, 4) is 0 Å². The first kappa shape index (κ1) is 14.1. The number of rotatable bonds is 4. The number of hydrogen-bond acceptors (Lipinski definition) is 4. The molecule has 1 aromatic carbocycles. The van der Waals surface area contributed by atoms with Gasteiger partial charge in [-0.1, -0.05) is 31.4 Å². The topological polar surface area (TPSA) is 30.9 Å². The molecular weight excluding hydrogens is 272 g/mol. The predicted molar refractivity (Wildman–Crippen MR) is 92.9 cm³/mol. The predicted octanol–water partition coefficient (Wildman–Crippen LogP) is 3.00. The molecule has 0 unspecified atom stereocenters.